The van der Waals surface area contributed by atoms with Crippen LogP contribution >= 0.6 is 0 Å². The second-order valence-electron chi connectivity index (χ2n) is 8.82. The molecule has 1 aliphatic carbocycles. The van der Waals surface area contributed by atoms with Gasteiger partial charge in [-0.15, -0.1) is 0 Å². The fourth-order valence-electron chi connectivity index (χ4n) is 6.08. The van der Waals surface area contributed by atoms with Gasteiger partial charge in [0.25, 0.3) is 5.91 Å². The molecule has 1 amide bonds. The maximum absolute atomic E-state index is 12.4. The number of rotatable bonds is 2. The van der Waals surface area contributed by atoms with Gasteiger partial charge in [-0.3, -0.25) is 9.69 Å². The van der Waals surface area contributed by atoms with Gasteiger partial charge in [0.2, 0.25) is 0 Å². The second kappa shape index (κ2) is 5.85. The second-order valence-corrected chi connectivity index (χ2v) is 8.82. The molecule has 1 saturated carbocycles. The summed E-state index contributed by atoms with van der Waals surface area (Å²) in [6.45, 7) is 4.83. The normalized spacial score (nSPS) is 32.3. The van der Waals surface area contributed by atoms with Gasteiger partial charge >= 0.3 is 0 Å². The standard InChI is InChI=1S/C22H29N3O/c1-4-14-9-13-10-18-20-16(7-8-25(12-13)21(14)18)17-11-15(22(26)24(2)3)5-6-19(17)23-20/h5-6,11,13-14,18,21,23H,4,7-10,12H2,1-3H3/t13-,14-,18-,21?/m0/s1. The number of benzene rings is 1. The number of piperidine rings is 2. The van der Waals surface area contributed by atoms with Crippen LogP contribution in [0, 0.1) is 11.8 Å². The molecule has 5 atom stereocenters. The van der Waals surface area contributed by atoms with Gasteiger partial charge in [0.15, 0.2) is 0 Å². The maximum atomic E-state index is 12.4. The molecule has 2 saturated heterocycles. The molecular weight excluding hydrogens is 322 g/mol. The van der Waals surface area contributed by atoms with Gasteiger partial charge in [-0.2, -0.15) is 0 Å². The molecule has 2 unspecified atom stereocenters. The van der Waals surface area contributed by atoms with Crippen LogP contribution in [0.4, 0.5) is 0 Å². The minimum Gasteiger partial charge on any atom is -0.358 e. The highest BCUT2D eigenvalue weighted by Gasteiger charge is 2.48. The van der Waals surface area contributed by atoms with Crippen LogP contribution < -0.4 is 0 Å². The van der Waals surface area contributed by atoms with E-state index >= 15 is 0 Å². The molecule has 4 nitrogen and oxygen atoms in total. The third kappa shape index (κ3) is 2.27. The van der Waals surface area contributed by atoms with Gasteiger partial charge in [0.05, 0.1) is 0 Å². The van der Waals surface area contributed by atoms with Crippen molar-refractivity contribution in [2.45, 2.75) is 44.6 Å². The van der Waals surface area contributed by atoms with E-state index in [0.29, 0.717) is 12.0 Å². The molecule has 0 spiro atoms. The van der Waals surface area contributed by atoms with Gasteiger partial charge in [-0.05, 0) is 54.9 Å². The fourth-order valence-corrected chi connectivity index (χ4v) is 6.08. The first-order valence-electron chi connectivity index (χ1n) is 10.2. The SMILES string of the molecule is CC[C@H]1C[C@H]2C[C@H]3c4[nH]c5ccc(C(=O)N(C)C)cc5c4CCN(C2)C13. The lowest BCUT2D eigenvalue weighted by atomic mass is 9.65. The van der Waals surface area contributed by atoms with Crippen molar-refractivity contribution in [2.75, 3.05) is 27.2 Å². The summed E-state index contributed by atoms with van der Waals surface area (Å²) in [6, 6.07) is 6.90. The lowest BCUT2D eigenvalue weighted by Crippen LogP contribution is -2.56. The van der Waals surface area contributed by atoms with Crippen molar-refractivity contribution < 1.29 is 4.79 Å². The predicted molar refractivity (Wildman–Crippen MR) is 105 cm³/mol. The molecule has 6 rings (SSSR count). The summed E-state index contributed by atoms with van der Waals surface area (Å²) in [5.74, 6) is 2.43. The number of aromatic amines is 1. The molecular formula is C22H29N3O. The Kier molecular flexibility index (Phi) is 3.68. The van der Waals surface area contributed by atoms with Crippen LogP contribution in [0.2, 0.25) is 0 Å². The Morgan fingerprint density at radius 3 is 2.92 bits per heavy atom. The van der Waals surface area contributed by atoms with E-state index in [9.17, 15) is 4.79 Å². The highest BCUT2D eigenvalue weighted by Crippen LogP contribution is 2.51. The van der Waals surface area contributed by atoms with Crippen LogP contribution in [0.1, 0.15) is 53.7 Å². The largest absolute Gasteiger partial charge is 0.358 e. The van der Waals surface area contributed by atoms with Crippen molar-refractivity contribution in [1.82, 2.24) is 14.8 Å². The van der Waals surface area contributed by atoms with Crippen LogP contribution in [0.5, 0.6) is 0 Å². The first-order chi connectivity index (χ1) is 12.6. The molecule has 4 aliphatic rings. The molecule has 1 aromatic heterocycles. The third-order valence-corrected chi connectivity index (χ3v) is 7.17. The number of nitrogens with one attached hydrogen (secondary N) is 1. The molecule has 3 aliphatic heterocycles. The Labute approximate surface area is 155 Å². The van der Waals surface area contributed by atoms with Gasteiger partial charge in [-0.25, -0.2) is 0 Å². The van der Waals surface area contributed by atoms with E-state index in [1.165, 1.54) is 54.5 Å². The Morgan fingerprint density at radius 1 is 1.31 bits per heavy atom. The van der Waals surface area contributed by atoms with Crippen LogP contribution in [0.25, 0.3) is 10.9 Å². The van der Waals surface area contributed by atoms with E-state index in [1.54, 1.807) is 4.90 Å². The Bertz CT molecular complexity index is 868. The summed E-state index contributed by atoms with van der Waals surface area (Å²) in [5, 5.41) is 1.27. The van der Waals surface area contributed by atoms with Gasteiger partial charge in [-0.1, -0.05) is 13.3 Å². The van der Waals surface area contributed by atoms with Crippen LogP contribution in [0.3, 0.4) is 0 Å². The molecule has 4 heterocycles. The number of nitrogens with zero attached hydrogens (tertiary/aromatic N) is 2. The van der Waals surface area contributed by atoms with Gasteiger partial charge < -0.3 is 9.88 Å². The van der Waals surface area contributed by atoms with Gasteiger partial charge in [0, 0.05) is 61.3 Å². The van der Waals surface area contributed by atoms with E-state index in [1.807, 2.05) is 20.2 Å². The Hall–Kier alpha value is -1.81. The van der Waals surface area contributed by atoms with Crippen LogP contribution in [-0.2, 0) is 6.42 Å². The molecule has 138 valence electrons. The average molecular weight is 351 g/mol. The lowest BCUT2D eigenvalue weighted by molar-refractivity contribution is -0.0134. The van der Waals surface area contributed by atoms with Crippen molar-refractivity contribution in [3.8, 4) is 0 Å². The summed E-state index contributed by atoms with van der Waals surface area (Å²) < 4.78 is 0. The topological polar surface area (TPSA) is 39.3 Å². The number of carbonyl (C=O) groups is 1. The van der Waals surface area contributed by atoms with E-state index in [4.69, 9.17) is 0 Å². The van der Waals surface area contributed by atoms with Gasteiger partial charge in [0.1, 0.15) is 0 Å². The number of fused-ring (bicyclic) bond motifs is 4. The summed E-state index contributed by atoms with van der Waals surface area (Å²) in [4.78, 5) is 20.7. The van der Waals surface area contributed by atoms with Crippen LogP contribution in [0.15, 0.2) is 18.2 Å². The molecule has 2 aromatic rings. The summed E-state index contributed by atoms with van der Waals surface area (Å²) in [7, 11) is 3.64. The zero-order chi connectivity index (χ0) is 18.0. The zero-order valence-electron chi connectivity index (χ0n) is 16.1. The van der Waals surface area contributed by atoms with Crippen molar-refractivity contribution in [1.29, 1.82) is 0 Å². The van der Waals surface area contributed by atoms with Crippen molar-refractivity contribution in [3.05, 3.63) is 35.0 Å². The molecule has 1 N–H and O–H groups in total. The average Bonchev–Trinajstić information content (AvgIpc) is 2.97. The molecule has 4 bridgehead atoms. The quantitative estimate of drug-likeness (QED) is 0.897. The first kappa shape index (κ1) is 16.4. The summed E-state index contributed by atoms with van der Waals surface area (Å²) >= 11 is 0. The molecule has 4 heteroatoms. The smallest absolute Gasteiger partial charge is 0.253 e. The maximum Gasteiger partial charge on any atom is 0.253 e. The summed E-state index contributed by atoms with van der Waals surface area (Å²) in [6.07, 6.45) is 5.16. The third-order valence-electron chi connectivity index (χ3n) is 7.17. The number of H-pyrrole nitrogens is 1. The molecule has 3 fully saturated rings. The molecule has 0 radical (unpaired) electrons. The number of hydrogen-bond acceptors (Lipinski definition) is 2. The van der Waals surface area contributed by atoms with Crippen molar-refractivity contribution in [3.63, 3.8) is 0 Å². The highest BCUT2D eigenvalue weighted by molar-refractivity contribution is 5.99. The van der Waals surface area contributed by atoms with E-state index in [-0.39, 0.29) is 5.91 Å². The fraction of sp³-hybridized carbons (Fsp3) is 0.591. The highest BCUT2D eigenvalue weighted by atomic mass is 16.2. The monoisotopic (exact) mass is 351 g/mol. The number of amides is 1. The molecule has 1 aromatic carbocycles. The number of aromatic nitrogens is 1. The lowest BCUT2D eigenvalue weighted by Gasteiger charge is -2.53. The van der Waals surface area contributed by atoms with E-state index in [2.05, 4.69) is 28.9 Å². The van der Waals surface area contributed by atoms with E-state index < -0.39 is 0 Å². The Balaban J connectivity index is 1.62. The van der Waals surface area contributed by atoms with Crippen molar-refractivity contribution in [2.24, 2.45) is 11.8 Å². The minimum atomic E-state index is 0.0862. The van der Waals surface area contributed by atoms with Crippen LogP contribution in [-0.4, -0.2) is 53.9 Å². The molecule has 26 heavy (non-hydrogen) atoms. The Morgan fingerprint density at radius 2 is 2.15 bits per heavy atom. The summed E-state index contributed by atoms with van der Waals surface area (Å²) in [5.41, 5.74) is 4.95. The predicted octanol–water partition coefficient (Wildman–Crippen LogP) is 3.63. The number of carbonyl (C=O) groups excluding carboxylic acids is 1. The van der Waals surface area contributed by atoms with Crippen molar-refractivity contribution >= 4 is 16.8 Å². The number of hydrogen-bond donors (Lipinski definition) is 1. The first-order valence-corrected chi connectivity index (χ1v) is 10.2. The zero-order valence-corrected chi connectivity index (χ0v) is 16.1. The van der Waals surface area contributed by atoms with E-state index in [0.717, 1.165) is 23.8 Å². The minimum absolute atomic E-state index is 0.0862.